The maximum atomic E-state index is 12.2. The fraction of sp³-hybridized carbons (Fsp3) is 0.444. The van der Waals surface area contributed by atoms with Crippen LogP contribution in [0.15, 0.2) is 6.07 Å². The number of nitrogens with zero attached hydrogens (tertiary/aromatic N) is 1. The first-order chi connectivity index (χ1) is 8.23. The molecule has 0 fully saturated rings. The number of hydrogen-bond donors (Lipinski definition) is 3. The zero-order chi connectivity index (χ0) is 13.9. The lowest BCUT2D eigenvalue weighted by Crippen LogP contribution is -2.24. The van der Waals surface area contributed by atoms with Gasteiger partial charge in [0.05, 0.1) is 16.5 Å². The van der Waals surface area contributed by atoms with Crippen LogP contribution >= 0.6 is 23.2 Å². The van der Waals surface area contributed by atoms with Gasteiger partial charge in [0.15, 0.2) is 5.82 Å². The van der Waals surface area contributed by atoms with Gasteiger partial charge in [0.25, 0.3) is 0 Å². The van der Waals surface area contributed by atoms with Crippen molar-refractivity contribution in [2.24, 2.45) is 5.84 Å². The van der Waals surface area contributed by atoms with E-state index in [-0.39, 0.29) is 21.7 Å². The fourth-order valence-corrected chi connectivity index (χ4v) is 1.77. The van der Waals surface area contributed by atoms with Crippen molar-refractivity contribution in [1.29, 1.82) is 0 Å². The lowest BCUT2D eigenvalue weighted by atomic mass is 10.2. The molecule has 4 N–H and O–H groups in total. The maximum Gasteiger partial charge on any atom is 0.391 e. The Balaban J connectivity index is 2.84. The summed E-state index contributed by atoms with van der Waals surface area (Å²) in [6.07, 6.45) is -5.26. The van der Waals surface area contributed by atoms with E-state index in [4.69, 9.17) is 29.0 Å². The Labute approximate surface area is 112 Å². The quantitative estimate of drug-likeness (QED) is 0.589. The first-order valence-electron chi connectivity index (χ1n) is 4.89. The third-order valence-corrected chi connectivity index (χ3v) is 2.56. The molecule has 0 bridgehead atoms. The Morgan fingerprint density at radius 3 is 2.39 bits per heavy atom. The highest BCUT2D eigenvalue weighted by molar-refractivity contribution is 6.37. The highest BCUT2D eigenvalue weighted by Gasteiger charge is 2.30. The van der Waals surface area contributed by atoms with E-state index in [0.29, 0.717) is 0 Å². The van der Waals surface area contributed by atoms with Crippen molar-refractivity contribution in [3.05, 3.63) is 16.1 Å². The van der Waals surface area contributed by atoms with Crippen LogP contribution in [0.4, 0.5) is 24.8 Å². The summed E-state index contributed by atoms with van der Waals surface area (Å²) < 4.78 is 36.5. The Hall–Kier alpha value is -0.920. The second-order valence-electron chi connectivity index (χ2n) is 3.66. The van der Waals surface area contributed by atoms with Crippen LogP contribution in [0.1, 0.15) is 13.3 Å². The zero-order valence-electron chi connectivity index (χ0n) is 9.28. The molecule has 0 aliphatic rings. The molecule has 1 unspecified atom stereocenters. The first-order valence-corrected chi connectivity index (χ1v) is 5.64. The van der Waals surface area contributed by atoms with Crippen LogP contribution in [0.25, 0.3) is 0 Å². The van der Waals surface area contributed by atoms with Crippen molar-refractivity contribution in [1.82, 2.24) is 4.98 Å². The third-order valence-electron chi connectivity index (χ3n) is 1.99. The number of anilines is 2. The molecule has 102 valence electrons. The number of aromatic nitrogens is 1. The SMILES string of the molecule is CC(CC(F)(F)F)Nc1nc(NN)c(Cl)cc1Cl. The van der Waals surface area contributed by atoms with Crippen molar-refractivity contribution >= 4 is 34.8 Å². The van der Waals surface area contributed by atoms with E-state index in [1.807, 2.05) is 0 Å². The Kier molecular flexibility index (Phi) is 4.89. The first kappa shape index (κ1) is 15.1. The van der Waals surface area contributed by atoms with Gasteiger partial charge in [-0.15, -0.1) is 0 Å². The highest BCUT2D eigenvalue weighted by Crippen LogP contribution is 2.30. The summed E-state index contributed by atoms with van der Waals surface area (Å²) in [4.78, 5) is 3.88. The minimum atomic E-state index is -4.26. The lowest BCUT2D eigenvalue weighted by Gasteiger charge is -2.18. The van der Waals surface area contributed by atoms with Gasteiger partial charge in [-0.2, -0.15) is 13.2 Å². The number of halogens is 5. The molecule has 1 aromatic rings. The zero-order valence-corrected chi connectivity index (χ0v) is 10.8. The summed E-state index contributed by atoms with van der Waals surface area (Å²) >= 11 is 11.6. The fourth-order valence-electron chi connectivity index (χ4n) is 1.30. The average molecular weight is 303 g/mol. The summed E-state index contributed by atoms with van der Waals surface area (Å²) in [6.45, 7) is 1.37. The van der Waals surface area contributed by atoms with E-state index in [2.05, 4.69) is 15.7 Å². The molecule has 0 aliphatic carbocycles. The van der Waals surface area contributed by atoms with Gasteiger partial charge in [-0.25, -0.2) is 10.8 Å². The maximum absolute atomic E-state index is 12.2. The molecule has 0 aliphatic heterocycles. The molecule has 0 saturated heterocycles. The summed E-state index contributed by atoms with van der Waals surface area (Å²) in [5, 5.41) is 2.85. The van der Waals surface area contributed by atoms with E-state index in [1.54, 1.807) is 0 Å². The van der Waals surface area contributed by atoms with Crippen molar-refractivity contribution in [3.63, 3.8) is 0 Å². The summed E-state index contributed by atoms with van der Waals surface area (Å²) in [5.41, 5.74) is 2.22. The van der Waals surface area contributed by atoms with Crippen LogP contribution in [-0.4, -0.2) is 17.2 Å². The number of hydrogen-bond acceptors (Lipinski definition) is 4. The Morgan fingerprint density at radius 2 is 1.89 bits per heavy atom. The van der Waals surface area contributed by atoms with Crippen LogP contribution in [0.5, 0.6) is 0 Å². The molecule has 1 rings (SSSR count). The minimum absolute atomic E-state index is 0.0887. The number of nitrogens with two attached hydrogens (primary N) is 1. The topological polar surface area (TPSA) is 63.0 Å². The van der Waals surface area contributed by atoms with Crippen LogP contribution in [0, 0.1) is 0 Å². The van der Waals surface area contributed by atoms with E-state index in [1.165, 1.54) is 13.0 Å². The minimum Gasteiger partial charge on any atom is -0.366 e. The van der Waals surface area contributed by atoms with Crippen LogP contribution in [-0.2, 0) is 0 Å². The monoisotopic (exact) mass is 302 g/mol. The van der Waals surface area contributed by atoms with Gasteiger partial charge < -0.3 is 10.7 Å². The lowest BCUT2D eigenvalue weighted by molar-refractivity contribution is -0.136. The van der Waals surface area contributed by atoms with Crippen molar-refractivity contribution in [3.8, 4) is 0 Å². The van der Waals surface area contributed by atoms with E-state index < -0.39 is 18.6 Å². The van der Waals surface area contributed by atoms with E-state index in [9.17, 15) is 13.2 Å². The third kappa shape index (κ3) is 4.40. The molecule has 9 heteroatoms. The molecule has 0 saturated carbocycles. The largest absolute Gasteiger partial charge is 0.391 e. The molecule has 0 aromatic carbocycles. The molecular weight excluding hydrogens is 292 g/mol. The molecular formula is C9H11Cl2F3N4. The molecule has 1 heterocycles. The summed E-state index contributed by atoms with van der Waals surface area (Å²) in [7, 11) is 0. The molecule has 4 nitrogen and oxygen atoms in total. The second kappa shape index (κ2) is 5.81. The summed E-state index contributed by atoms with van der Waals surface area (Å²) in [6, 6.07) is 0.468. The van der Waals surface area contributed by atoms with Gasteiger partial charge in [0.1, 0.15) is 5.82 Å². The number of hydrazine groups is 1. The Bertz CT molecular complexity index is 425. The summed E-state index contributed by atoms with van der Waals surface area (Å²) in [5.74, 6) is 5.37. The standard InChI is InChI=1S/C9H11Cl2F3N4/c1-4(3-9(12,13)14)16-7-5(10)2-6(11)8(17-7)18-15/h2,4H,3,15H2,1H3,(H2,16,17,18). The van der Waals surface area contributed by atoms with Crippen molar-refractivity contribution < 1.29 is 13.2 Å². The Morgan fingerprint density at radius 1 is 1.33 bits per heavy atom. The molecule has 0 spiro atoms. The number of alkyl halides is 3. The molecule has 1 atom stereocenters. The van der Waals surface area contributed by atoms with Crippen molar-refractivity contribution in [2.45, 2.75) is 25.6 Å². The second-order valence-corrected chi connectivity index (χ2v) is 4.47. The average Bonchev–Trinajstić information content (AvgIpc) is 2.19. The van der Waals surface area contributed by atoms with Crippen LogP contribution in [0.2, 0.25) is 10.0 Å². The highest BCUT2D eigenvalue weighted by atomic mass is 35.5. The van der Waals surface area contributed by atoms with Gasteiger partial charge in [0.2, 0.25) is 0 Å². The predicted molar refractivity (Wildman–Crippen MR) is 65.8 cm³/mol. The smallest absolute Gasteiger partial charge is 0.366 e. The number of rotatable bonds is 4. The van der Waals surface area contributed by atoms with Gasteiger partial charge in [-0.05, 0) is 13.0 Å². The van der Waals surface area contributed by atoms with Gasteiger partial charge in [0, 0.05) is 6.04 Å². The molecule has 18 heavy (non-hydrogen) atoms. The molecule has 0 amide bonds. The molecule has 1 aromatic heterocycles. The number of pyridine rings is 1. The van der Waals surface area contributed by atoms with Crippen LogP contribution in [0.3, 0.4) is 0 Å². The van der Waals surface area contributed by atoms with E-state index in [0.717, 1.165) is 0 Å². The van der Waals surface area contributed by atoms with Crippen LogP contribution < -0.4 is 16.6 Å². The number of nitrogen functional groups attached to an aromatic ring is 1. The van der Waals surface area contributed by atoms with Gasteiger partial charge >= 0.3 is 6.18 Å². The normalized spacial score (nSPS) is 13.3. The molecule has 0 radical (unpaired) electrons. The van der Waals surface area contributed by atoms with Gasteiger partial charge in [-0.3, -0.25) is 0 Å². The van der Waals surface area contributed by atoms with E-state index >= 15 is 0 Å². The van der Waals surface area contributed by atoms with Gasteiger partial charge in [-0.1, -0.05) is 23.2 Å². The van der Waals surface area contributed by atoms with Crippen molar-refractivity contribution in [2.75, 3.05) is 10.7 Å². The predicted octanol–water partition coefficient (Wildman–Crippen LogP) is 3.43. The number of nitrogens with one attached hydrogen (secondary N) is 2.